The number of carbonyl (C=O) groups is 1. The van der Waals surface area contributed by atoms with Crippen LogP contribution in [0.25, 0.3) is 0 Å². The van der Waals surface area contributed by atoms with Gasteiger partial charge >= 0.3 is 0 Å². The first-order valence-electron chi connectivity index (χ1n) is 6.59. The molecule has 2 saturated carbocycles. The molecular formula is C13H24N2O. The van der Waals surface area contributed by atoms with Crippen LogP contribution in [0.5, 0.6) is 0 Å². The number of nitrogens with two attached hydrogens (primary N) is 1. The fraction of sp³-hybridized carbons (Fsp3) is 0.923. The molecular weight excluding hydrogens is 200 g/mol. The fourth-order valence-corrected chi connectivity index (χ4v) is 2.67. The van der Waals surface area contributed by atoms with E-state index in [4.69, 9.17) is 5.73 Å². The van der Waals surface area contributed by atoms with Gasteiger partial charge in [0.15, 0.2) is 0 Å². The lowest BCUT2D eigenvalue weighted by Crippen LogP contribution is -2.43. The van der Waals surface area contributed by atoms with Gasteiger partial charge in [0, 0.05) is 12.0 Å². The molecule has 92 valence electrons. The van der Waals surface area contributed by atoms with Crippen molar-refractivity contribution in [2.75, 3.05) is 13.1 Å². The van der Waals surface area contributed by atoms with Crippen LogP contribution in [0.15, 0.2) is 0 Å². The minimum absolute atomic E-state index is 0.108. The summed E-state index contributed by atoms with van der Waals surface area (Å²) in [5.41, 5.74) is 5.86. The molecule has 0 heterocycles. The Morgan fingerprint density at radius 3 is 2.31 bits per heavy atom. The monoisotopic (exact) mass is 224 g/mol. The summed E-state index contributed by atoms with van der Waals surface area (Å²) < 4.78 is 0. The highest BCUT2D eigenvalue weighted by atomic mass is 16.2. The maximum absolute atomic E-state index is 12.2. The molecule has 2 aliphatic carbocycles. The quantitative estimate of drug-likeness (QED) is 0.765. The maximum Gasteiger partial charge on any atom is 0.225 e. The molecule has 0 aromatic carbocycles. The number of rotatable bonds is 4. The van der Waals surface area contributed by atoms with Crippen molar-refractivity contribution in [3.8, 4) is 0 Å². The van der Waals surface area contributed by atoms with E-state index in [1.807, 2.05) is 0 Å². The number of hydrogen-bond acceptors (Lipinski definition) is 2. The summed E-state index contributed by atoms with van der Waals surface area (Å²) in [5, 5.41) is 3.13. The molecule has 0 aliphatic heterocycles. The van der Waals surface area contributed by atoms with Crippen LogP contribution in [0.2, 0.25) is 0 Å². The molecule has 0 radical (unpaired) electrons. The SMILES string of the molecule is CC1(C(=O)NCC2(CN)CC2)CCCCC1. The molecule has 1 amide bonds. The fourth-order valence-electron chi connectivity index (χ4n) is 2.67. The summed E-state index contributed by atoms with van der Waals surface area (Å²) in [6, 6.07) is 0. The molecule has 2 aliphatic rings. The predicted octanol–water partition coefficient (Wildman–Crippen LogP) is 1.81. The standard InChI is InChI=1S/C13H24N2O/c1-12(5-3-2-4-6-12)11(16)15-10-13(9-14)7-8-13/h2-10,14H2,1H3,(H,15,16). The van der Waals surface area contributed by atoms with Gasteiger partial charge in [-0.2, -0.15) is 0 Å². The average molecular weight is 224 g/mol. The number of nitrogens with one attached hydrogen (secondary N) is 1. The van der Waals surface area contributed by atoms with Gasteiger partial charge in [-0.15, -0.1) is 0 Å². The molecule has 2 fully saturated rings. The van der Waals surface area contributed by atoms with Gasteiger partial charge < -0.3 is 11.1 Å². The number of amides is 1. The molecule has 0 bridgehead atoms. The van der Waals surface area contributed by atoms with Crippen molar-refractivity contribution >= 4 is 5.91 Å². The zero-order valence-corrected chi connectivity index (χ0v) is 10.3. The molecule has 3 heteroatoms. The molecule has 16 heavy (non-hydrogen) atoms. The third-order valence-electron chi connectivity index (χ3n) is 4.52. The summed E-state index contributed by atoms with van der Waals surface area (Å²) in [6.45, 7) is 3.62. The van der Waals surface area contributed by atoms with Crippen molar-refractivity contribution in [3.63, 3.8) is 0 Å². The van der Waals surface area contributed by atoms with Crippen LogP contribution in [0.1, 0.15) is 51.9 Å². The largest absolute Gasteiger partial charge is 0.355 e. The number of carbonyl (C=O) groups excluding carboxylic acids is 1. The van der Waals surface area contributed by atoms with Crippen molar-refractivity contribution in [1.29, 1.82) is 0 Å². The van der Waals surface area contributed by atoms with Crippen molar-refractivity contribution in [1.82, 2.24) is 5.32 Å². The Morgan fingerprint density at radius 2 is 1.81 bits per heavy atom. The van der Waals surface area contributed by atoms with Gasteiger partial charge in [-0.25, -0.2) is 0 Å². The van der Waals surface area contributed by atoms with E-state index in [9.17, 15) is 4.79 Å². The average Bonchev–Trinajstić information content (AvgIpc) is 3.07. The van der Waals surface area contributed by atoms with Crippen LogP contribution in [-0.2, 0) is 4.79 Å². The first-order valence-corrected chi connectivity index (χ1v) is 6.59. The van der Waals surface area contributed by atoms with E-state index < -0.39 is 0 Å². The minimum Gasteiger partial charge on any atom is -0.355 e. The number of hydrogen-bond donors (Lipinski definition) is 2. The topological polar surface area (TPSA) is 55.1 Å². The van der Waals surface area contributed by atoms with E-state index in [0.717, 1.165) is 19.4 Å². The van der Waals surface area contributed by atoms with E-state index in [1.54, 1.807) is 0 Å². The lowest BCUT2D eigenvalue weighted by atomic mass is 9.75. The molecule has 3 N–H and O–H groups in total. The lowest BCUT2D eigenvalue weighted by Gasteiger charge is -2.32. The van der Waals surface area contributed by atoms with E-state index in [2.05, 4.69) is 12.2 Å². The zero-order chi connectivity index (χ0) is 11.6. The first-order chi connectivity index (χ1) is 7.60. The Bertz CT molecular complexity index is 265. The van der Waals surface area contributed by atoms with Crippen LogP contribution < -0.4 is 11.1 Å². The molecule has 0 atom stereocenters. The van der Waals surface area contributed by atoms with Crippen LogP contribution in [-0.4, -0.2) is 19.0 Å². The van der Waals surface area contributed by atoms with Crippen molar-refractivity contribution in [3.05, 3.63) is 0 Å². The molecule has 0 saturated heterocycles. The van der Waals surface area contributed by atoms with Gasteiger partial charge in [0.2, 0.25) is 5.91 Å². The minimum atomic E-state index is -0.108. The van der Waals surface area contributed by atoms with Gasteiger partial charge in [0.25, 0.3) is 0 Å². The molecule has 0 unspecified atom stereocenters. The Labute approximate surface area is 98.2 Å². The normalized spacial score (nSPS) is 26.1. The second-order valence-corrected chi connectivity index (χ2v) is 6.01. The molecule has 2 rings (SSSR count). The van der Waals surface area contributed by atoms with E-state index in [0.29, 0.717) is 6.54 Å². The van der Waals surface area contributed by atoms with Crippen LogP contribution in [0.3, 0.4) is 0 Å². The van der Waals surface area contributed by atoms with Crippen molar-refractivity contribution in [2.24, 2.45) is 16.6 Å². The van der Waals surface area contributed by atoms with E-state index >= 15 is 0 Å². The second-order valence-electron chi connectivity index (χ2n) is 6.01. The Kier molecular flexibility index (Phi) is 3.24. The summed E-state index contributed by atoms with van der Waals surface area (Å²) in [4.78, 5) is 12.2. The van der Waals surface area contributed by atoms with Gasteiger partial charge in [-0.3, -0.25) is 4.79 Å². The van der Waals surface area contributed by atoms with E-state index in [1.165, 1.54) is 32.1 Å². The molecule has 0 spiro atoms. The predicted molar refractivity (Wildman–Crippen MR) is 64.9 cm³/mol. The molecule has 0 aromatic heterocycles. The lowest BCUT2D eigenvalue weighted by molar-refractivity contribution is -0.132. The van der Waals surface area contributed by atoms with E-state index in [-0.39, 0.29) is 16.7 Å². The Balaban J connectivity index is 1.82. The van der Waals surface area contributed by atoms with Crippen molar-refractivity contribution in [2.45, 2.75) is 51.9 Å². The van der Waals surface area contributed by atoms with Crippen molar-refractivity contribution < 1.29 is 4.79 Å². The Hall–Kier alpha value is -0.570. The van der Waals surface area contributed by atoms with Crippen LogP contribution >= 0.6 is 0 Å². The summed E-state index contributed by atoms with van der Waals surface area (Å²) in [7, 11) is 0. The molecule has 0 aromatic rings. The third kappa shape index (κ3) is 2.40. The highest BCUT2D eigenvalue weighted by molar-refractivity contribution is 5.82. The van der Waals surface area contributed by atoms with Gasteiger partial charge in [0.05, 0.1) is 0 Å². The summed E-state index contributed by atoms with van der Waals surface area (Å²) in [6.07, 6.45) is 8.15. The highest BCUT2D eigenvalue weighted by Crippen LogP contribution is 2.44. The first kappa shape index (κ1) is 11.9. The van der Waals surface area contributed by atoms with Gasteiger partial charge in [-0.1, -0.05) is 26.2 Å². The Morgan fingerprint density at radius 1 is 1.19 bits per heavy atom. The van der Waals surface area contributed by atoms with Gasteiger partial charge in [0.1, 0.15) is 0 Å². The maximum atomic E-state index is 12.2. The summed E-state index contributed by atoms with van der Waals surface area (Å²) in [5.74, 6) is 0.256. The third-order valence-corrected chi connectivity index (χ3v) is 4.52. The van der Waals surface area contributed by atoms with Gasteiger partial charge in [-0.05, 0) is 37.6 Å². The highest BCUT2D eigenvalue weighted by Gasteiger charge is 2.42. The second kappa shape index (κ2) is 4.36. The zero-order valence-electron chi connectivity index (χ0n) is 10.3. The van der Waals surface area contributed by atoms with Crippen LogP contribution in [0, 0.1) is 10.8 Å². The van der Waals surface area contributed by atoms with Crippen LogP contribution in [0.4, 0.5) is 0 Å². The summed E-state index contributed by atoms with van der Waals surface area (Å²) >= 11 is 0. The smallest absolute Gasteiger partial charge is 0.225 e. The molecule has 3 nitrogen and oxygen atoms in total.